The van der Waals surface area contributed by atoms with Crippen molar-refractivity contribution in [3.63, 3.8) is 0 Å². The standard InChI is InChI=1S/C27H32N2OS/c1-19-16-17-26(31-19)25-18-23(22-14-8-9-15-24(22)28-25)27(30)29(20-10-4-2-5-11-20)21-12-6-3-7-13-21/h8-9,14-18,20-21H,2-7,10-13H2,1H3. The van der Waals surface area contributed by atoms with E-state index in [0.717, 1.165) is 52.7 Å². The zero-order chi connectivity index (χ0) is 21.2. The SMILES string of the molecule is Cc1ccc(-c2cc(C(=O)N(C3CCCCC3)C3CCCCC3)c3ccccc3n2)s1. The van der Waals surface area contributed by atoms with Crippen LogP contribution in [0.5, 0.6) is 0 Å². The number of pyridine rings is 1. The number of aryl methyl sites for hydroxylation is 1. The van der Waals surface area contributed by atoms with E-state index in [1.54, 1.807) is 11.3 Å². The van der Waals surface area contributed by atoms with Crippen molar-refractivity contribution in [2.45, 2.75) is 83.2 Å². The van der Waals surface area contributed by atoms with Crippen molar-refractivity contribution in [1.82, 2.24) is 9.88 Å². The third kappa shape index (κ3) is 4.27. The average molecular weight is 433 g/mol. The van der Waals surface area contributed by atoms with Gasteiger partial charge in [-0.05, 0) is 56.9 Å². The van der Waals surface area contributed by atoms with Gasteiger partial charge in [0.15, 0.2) is 0 Å². The zero-order valence-electron chi connectivity index (χ0n) is 18.5. The van der Waals surface area contributed by atoms with Gasteiger partial charge in [0, 0.05) is 22.3 Å². The van der Waals surface area contributed by atoms with Crippen LogP contribution >= 0.6 is 11.3 Å². The minimum atomic E-state index is 0.229. The number of aromatic nitrogens is 1. The first-order valence-electron chi connectivity index (χ1n) is 12.0. The minimum absolute atomic E-state index is 0.229. The molecule has 0 atom stereocenters. The number of benzene rings is 1. The summed E-state index contributed by atoms with van der Waals surface area (Å²) in [5.74, 6) is 0.229. The van der Waals surface area contributed by atoms with Crippen LogP contribution in [0, 0.1) is 6.92 Å². The number of fused-ring (bicyclic) bond motifs is 1. The van der Waals surface area contributed by atoms with Crippen LogP contribution in [0.2, 0.25) is 0 Å². The summed E-state index contributed by atoms with van der Waals surface area (Å²) in [6.07, 6.45) is 12.2. The molecule has 0 aliphatic heterocycles. The zero-order valence-corrected chi connectivity index (χ0v) is 19.3. The smallest absolute Gasteiger partial charge is 0.255 e. The Balaban J connectivity index is 1.60. The van der Waals surface area contributed by atoms with Crippen LogP contribution in [0.1, 0.15) is 79.4 Å². The van der Waals surface area contributed by atoms with E-state index >= 15 is 0 Å². The average Bonchev–Trinajstić information content (AvgIpc) is 3.26. The number of carbonyl (C=O) groups is 1. The Labute approximate surface area is 189 Å². The molecule has 5 rings (SSSR count). The number of nitrogens with zero attached hydrogens (tertiary/aromatic N) is 2. The predicted octanol–water partition coefficient (Wildman–Crippen LogP) is 7.38. The van der Waals surface area contributed by atoms with Crippen LogP contribution in [0.15, 0.2) is 42.5 Å². The second kappa shape index (κ2) is 9.12. The van der Waals surface area contributed by atoms with Gasteiger partial charge < -0.3 is 4.90 Å². The molecule has 2 heterocycles. The van der Waals surface area contributed by atoms with Crippen molar-refractivity contribution in [2.75, 3.05) is 0 Å². The van der Waals surface area contributed by atoms with Crippen molar-refractivity contribution in [2.24, 2.45) is 0 Å². The lowest BCUT2D eigenvalue weighted by molar-refractivity contribution is 0.0450. The fraction of sp³-hybridized carbons (Fsp3) is 0.481. The van der Waals surface area contributed by atoms with Crippen LogP contribution in [0.25, 0.3) is 21.5 Å². The van der Waals surface area contributed by atoms with E-state index in [0.29, 0.717) is 12.1 Å². The molecule has 0 unspecified atom stereocenters. The molecule has 1 aromatic carbocycles. The van der Waals surface area contributed by atoms with E-state index in [1.807, 2.05) is 18.2 Å². The Hall–Kier alpha value is -2.20. The number of para-hydroxylation sites is 1. The van der Waals surface area contributed by atoms with E-state index in [-0.39, 0.29) is 5.91 Å². The largest absolute Gasteiger partial charge is 0.333 e. The lowest BCUT2D eigenvalue weighted by Gasteiger charge is -2.42. The Morgan fingerprint density at radius 2 is 1.55 bits per heavy atom. The molecule has 31 heavy (non-hydrogen) atoms. The maximum absolute atomic E-state index is 14.2. The summed E-state index contributed by atoms with van der Waals surface area (Å²) in [6, 6.07) is 15.3. The number of rotatable bonds is 4. The molecule has 0 radical (unpaired) electrons. The Morgan fingerprint density at radius 1 is 0.903 bits per heavy atom. The Morgan fingerprint density at radius 3 is 2.16 bits per heavy atom. The van der Waals surface area contributed by atoms with Crippen molar-refractivity contribution in [1.29, 1.82) is 0 Å². The second-order valence-corrected chi connectivity index (χ2v) is 10.6. The third-order valence-electron chi connectivity index (χ3n) is 7.11. The number of thiophene rings is 1. The summed E-state index contributed by atoms with van der Waals surface area (Å²) in [7, 11) is 0. The van der Waals surface area contributed by atoms with Crippen molar-refractivity contribution >= 4 is 28.1 Å². The number of hydrogen-bond donors (Lipinski definition) is 0. The first-order valence-corrected chi connectivity index (χ1v) is 12.8. The molecule has 3 aromatic rings. The summed E-state index contributed by atoms with van der Waals surface area (Å²) in [5.41, 5.74) is 2.68. The fourth-order valence-corrected chi connectivity index (χ4v) is 6.37. The van der Waals surface area contributed by atoms with E-state index in [4.69, 9.17) is 4.98 Å². The lowest BCUT2D eigenvalue weighted by Crippen LogP contribution is -2.48. The van der Waals surface area contributed by atoms with Gasteiger partial charge in [0.2, 0.25) is 0 Å². The Kier molecular flexibility index (Phi) is 6.08. The molecule has 2 fully saturated rings. The molecule has 2 aliphatic carbocycles. The lowest BCUT2D eigenvalue weighted by atomic mass is 9.88. The highest BCUT2D eigenvalue weighted by Crippen LogP contribution is 2.35. The molecular formula is C27H32N2OS. The summed E-state index contributed by atoms with van der Waals surface area (Å²) in [6.45, 7) is 2.12. The molecular weight excluding hydrogens is 400 g/mol. The van der Waals surface area contributed by atoms with E-state index in [9.17, 15) is 4.79 Å². The molecule has 3 nitrogen and oxygen atoms in total. The van der Waals surface area contributed by atoms with Gasteiger partial charge >= 0.3 is 0 Å². The van der Waals surface area contributed by atoms with Crippen molar-refractivity contribution < 1.29 is 4.79 Å². The predicted molar refractivity (Wildman–Crippen MR) is 130 cm³/mol. The maximum atomic E-state index is 14.2. The molecule has 4 heteroatoms. The minimum Gasteiger partial charge on any atom is -0.333 e. The highest BCUT2D eigenvalue weighted by Gasteiger charge is 2.34. The monoisotopic (exact) mass is 432 g/mol. The quantitative estimate of drug-likeness (QED) is 0.431. The van der Waals surface area contributed by atoms with E-state index < -0.39 is 0 Å². The molecule has 162 valence electrons. The Bertz CT molecular complexity index is 1040. The summed E-state index contributed by atoms with van der Waals surface area (Å²) in [4.78, 5) is 23.9. The highest BCUT2D eigenvalue weighted by atomic mass is 32.1. The number of amides is 1. The molecule has 1 amide bonds. The van der Waals surface area contributed by atoms with Gasteiger partial charge in [-0.15, -0.1) is 11.3 Å². The molecule has 2 saturated carbocycles. The van der Waals surface area contributed by atoms with Gasteiger partial charge in [0.25, 0.3) is 5.91 Å². The number of hydrogen-bond acceptors (Lipinski definition) is 3. The molecule has 2 aromatic heterocycles. The van der Waals surface area contributed by atoms with Crippen LogP contribution in [0.3, 0.4) is 0 Å². The van der Waals surface area contributed by atoms with Crippen LogP contribution in [0.4, 0.5) is 0 Å². The molecule has 0 bridgehead atoms. The number of carbonyl (C=O) groups excluding carboxylic acids is 1. The van der Waals surface area contributed by atoms with Gasteiger partial charge in [-0.3, -0.25) is 4.79 Å². The highest BCUT2D eigenvalue weighted by molar-refractivity contribution is 7.15. The van der Waals surface area contributed by atoms with Crippen LogP contribution in [-0.2, 0) is 0 Å². The maximum Gasteiger partial charge on any atom is 0.255 e. The first-order chi connectivity index (χ1) is 15.2. The third-order valence-corrected chi connectivity index (χ3v) is 8.13. The van der Waals surface area contributed by atoms with Crippen LogP contribution in [-0.4, -0.2) is 27.9 Å². The summed E-state index contributed by atoms with van der Waals surface area (Å²) < 4.78 is 0. The van der Waals surface area contributed by atoms with Crippen LogP contribution < -0.4 is 0 Å². The summed E-state index contributed by atoms with van der Waals surface area (Å²) >= 11 is 1.75. The van der Waals surface area contributed by atoms with Gasteiger partial charge in [0.05, 0.1) is 21.7 Å². The fourth-order valence-electron chi connectivity index (χ4n) is 5.54. The van der Waals surface area contributed by atoms with Gasteiger partial charge in [-0.25, -0.2) is 4.98 Å². The van der Waals surface area contributed by atoms with E-state index in [1.165, 1.54) is 43.4 Å². The summed E-state index contributed by atoms with van der Waals surface area (Å²) in [5, 5.41) is 0.987. The molecule has 0 spiro atoms. The second-order valence-electron chi connectivity index (χ2n) is 9.28. The van der Waals surface area contributed by atoms with Crippen molar-refractivity contribution in [3.8, 4) is 10.6 Å². The van der Waals surface area contributed by atoms with Gasteiger partial charge in [0.1, 0.15) is 0 Å². The van der Waals surface area contributed by atoms with Crippen molar-refractivity contribution in [3.05, 3.63) is 52.9 Å². The molecule has 0 N–H and O–H groups in total. The molecule has 0 saturated heterocycles. The van der Waals surface area contributed by atoms with E-state index in [2.05, 4.69) is 36.1 Å². The van der Waals surface area contributed by atoms with Gasteiger partial charge in [-0.1, -0.05) is 56.7 Å². The first kappa shape index (κ1) is 20.7. The normalized spacial score (nSPS) is 18.4. The topological polar surface area (TPSA) is 33.2 Å². The molecule has 2 aliphatic rings. The van der Waals surface area contributed by atoms with Gasteiger partial charge in [-0.2, -0.15) is 0 Å².